The third-order valence-electron chi connectivity index (χ3n) is 3.18. The van der Waals surface area contributed by atoms with Gasteiger partial charge in [-0.05, 0) is 30.5 Å². The normalized spacial score (nSPS) is 10.0. The molecule has 120 valence electrons. The Balaban J connectivity index is 0.00000400. The molecule has 5 heteroatoms. The second-order valence-corrected chi connectivity index (χ2v) is 4.98. The first-order valence-corrected chi connectivity index (χ1v) is 7.29. The average molecular weight is 315 g/mol. The quantitative estimate of drug-likeness (QED) is 0.653. The van der Waals surface area contributed by atoms with Crippen LogP contribution < -0.4 is 11.1 Å². The lowest BCUT2D eigenvalue weighted by Gasteiger charge is -2.06. The third-order valence-corrected chi connectivity index (χ3v) is 3.18. The van der Waals surface area contributed by atoms with Gasteiger partial charge in [-0.3, -0.25) is 4.79 Å². The van der Waals surface area contributed by atoms with Crippen molar-refractivity contribution in [2.45, 2.75) is 45.3 Å². The van der Waals surface area contributed by atoms with Gasteiger partial charge in [-0.1, -0.05) is 37.1 Å². The zero-order valence-corrected chi connectivity index (χ0v) is 13.6. The van der Waals surface area contributed by atoms with E-state index in [-0.39, 0.29) is 18.3 Å². The number of hydrogen-bond donors (Lipinski definition) is 2. The van der Waals surface area contributed by atoms with Gasteiger partial charge in [-0.25, -0.2) is 0 Å². The van der Waals surface area contributed by atoms with E-state index in [1.807, 2.05) is 24.3 Å². The van der Waals surface area contributed by atoms with E-state index < -0.39 is 0 Å². The van der Waals surface area contributed by atoms with E-state index in [1.54, 1.807) is 7.11 Å². The van der Waals surface area contributed by atoms with E-state index in [4.69, 9.17) is 10.5 Å². The smallest absolute Gasteiger partial charge is 0.220 e. The average Bonchev–Trinajstić information content (AvgIpc) is 2.47. The summed E-state index contributed by atoms with van der Waals surface area (Å²) in [6, 6.07) is 8.10. The summed E-state index contributed by atoms with van der Waals surface area (Å²) in [6.07, 6.45) is 4.79. The van der Waals surface area contributed by atoms with Crippen LogP contribution in [0.4, 0.5) is 0 Å². The molecular weight excluding hydrogens is 288 g/mol. The minimum absolute atomic E-state index is 0. The maximum atomic E-state index is 11.7. The van der Waals surface area contributed by atoms with E-state index in [1.165, 1.54) is 0 Å². The third kappa shape index (κ3) is 9.45. The Bertz CT molecular complexity index is 382. The van der Waals surface area contributed by atoms with Gasteiger partial charge in [0.05, 0.1) is 6.61 Å². The van der Waals surface area contributed by atoms with Crippen molar-refractivity contribution in [3.63, 3.8) is 0 Å². The maximum Gasteiger partial charge on any atom is 0.220 e. The van der Waals surface area contributed by atoms with Crippen LogP contribution in [0, 0.1) is 0 Å². The lowest BCUT2D eigenvalue weighted by Crippen LogP contribution is -2.22. The largest absolute Gasteiger partial charge is 0.380 e. The van der Waals surface area contributed by atoms with Crippen LogP contribution >= 0.6 is 12.4 Å². The maximum absolute atomic E-state index is 11.7. The molecule has 0 saturated heterocycles. The standard InChI is InChI=1S/C16H26N2O2.ClH/c1-20-13-15-9-7-14(8-10-15)12-18-16(19)6-4-2-3-5-11-17;/h7-10H,2-6,11-13,17H2,1H3,(H,18,19);1H. The molecule has 0 fully saturated rings. The number of ether oxygens (including phenoxy) is 1. The van der Waals surface area contributed by atoms with Crippen LogP contribution in [0.25, 0.3) is 0 Å². The zero-order chi connectivity index (χ0) is 14.6. The number of rotatable bonds is 10. The van der Waals surface area contributed by atoms with Crippen molar-refractivity contribution in [1.82, 2.24) is 5.32 Å². The molecule has 0 unspecified atom stereocenters. The molecule has 1 amide bonds. The Morgan fingerprint density at radius 2 is 1.71 bits per heavy atom. The van der Waals surface area contributed by atoms with Gasteiger partial charge in [0, 0.05) is 20.1 Å². The minimum atomic E-state index is 0. The fraction of sp³-hybridized carbons (Fsp3) is 0.562. The van der Waals surface area contributed by atoms with Gasteiger partial charge < -0.3 is 15.8 Å². The number of nitrogens with two attached hydrogens (primary N) is 1. The summed E-state index contributed by atoms with van der Waals surface area (Å²) in [7, 11) is 1.68. The predicted molar refractivity (Wildman–Crippen MR) is 88.4 cm³/mol. The molecule has 1 aromatic carbocycles. The van der Waals surface area contributed by atoms with Gasteiger partial charge in [-0.15, -0.1) is 12.4 Å². The second-order valence-electron chi connectivity index (χ2n) is 4.98. The van der Waals surface area contributed by atoms with Crippen LogP contribution in [0.15, 0.2) is 24.3 Å². The lowest BCUT2D eigenvalue weighted by molar-refractivity contribution is -0.121. The van der Waals surface area contributed by atoms with Crippen molar-refractivity contribution in [2.24, 2.45) is 5.73 Å². The van der Waals surface area contributed by atoms with E-state index in [2.05, 4.69) is 5.32 Å². The highest BCUT2D eigenvalue weighted by atomic mass is 35.5. The monoisotopic (exact) mass is 314 g/mol. The lowest BCUT2D eigenvalue weighted by atomic mass is 10.1. The fourth-order valence-electron chi connectivity index (χ4n) is 1.99. The summed E-state index contributed by atoms with van der Waals surface area (Å²) in [5.74, 6) is 0.124. The fourth-order valence-corrected chi connectivity index (χ4v) is 1.99. The van der Waals surface area contributed by atoms with Crippen molar-refractivity contribution in [2.75, 3.05) is 13.7 Å². The van der Waals surface area contributed by atoms with Crippen LogP contribution in [-0.4, -0.2) is 19.6 Å². The van der Waals surface area contributed by atoms with Gasteiger partial charge in [0.25, 0.3) is 0 Å². The topological polar surface area (TPSA) is 64.3 Å². The SMILES string of the molecule is COCc1ccc(CNC(=O)CCCCCCN)cc1.Cl. The van der Waals surface area contributed by atoms with Crippen LogP contribution in [0.5, 0.6) is 0 Å². The van der Waals surface area contributed by atoms with Crippen molar-refractivity contribution in [3.8, 4) is 0 Å². The summed E-state index contributed by atoms with van der Waals surface area (Å²) in [5, 5.41) is 2.95. The number of unbranched alkanes of at least 4 members (excludes halogenated alkanes) is 3. The van der Waals surface area contributed by atoms with Crippen LogP contribution in [0.2, 0.25) is 0 Å². The predicted octanol–water partition coefficient (Wildman–Crippen LogP) is 2.78. The molecule has 0 heterocycles. The first-order chi connectivity index (χ1) is 9.76. The molecule has 0 aliphatic heterocycles. The van der Waals surface area contributed by atoms with Crippen LogP contribution in [-0.2, 0) is 22.7 Å². The Morgan fingerprint density at radius 1 is 1.10 bits per heavy atom. The number of carbonyl (C=O) groups excluding carboxylic acids is 1. The number of nitrogens with one attached hydrogen (secondary N) is 1. The number of carbonyl (C=O) groups is 1. The van der Waals surface area contributed by atoms with Crippen LogP contribution in [0.3, 0.4) is 0 Å². The minimum Gasteiger partial charge on any atom is -0.380 e. The Hall–Kier alpha value is -1.10. The molecule has 0 radical (unpaired) electrons. The highest BCUT2D eigenvalue weighted by Crippen LogP contribution is 2.06. The number of benzene rings is 1. The Labute approximate surface area is 133 Å². The molecule has 0 saturated carbocycles. The van der Waals surface area contributed by atoms with Gasteiger partial charge in [-0.2, -0.15) is 0 Å². The molecule has 0 aromatic heterocycles. The molecule has 1 rings (SSSR count). The van der Waals surface area contributed by atoms with Gasteiger partial charge in [0.15, 0.2) is 0 Å². The number of amides is 1. The van der Waals surface area contributed by atoms with Gasteiger partial charge in [0.1, 0.15) is 0 Å². The van der Waals surface area contributed by atoms with Crippen molar-refractivity contribution >= 4 is 18.3 Å². The molecule has 0 spiro atoms. The molecule has 0 aliphatic rings. The van der Waals surface area contributed by atoms with E-state index >= 15 is 0 Å². The second kappa shape index (κ2) is 12.6. The van der Waals surface area contributed by atoms with Crippen molar-refractivity contribution in [1.29, 1.82) is 0 Å². The van der Waals surface area contributed by atoms with Gasteiger partial charge in [0.2, 0.25) is 5.91 Å². The van der Waals surface area contributed by atoms with E-state index in [0.717, 1.165) is 43.4 Å². The molecule has 4 nitrogen and oxygen atoms in total. The van der Waals surface area contributed by atoms with Crippen molar-refractivity contribution < 1.29 is 9.53 Å². The zero-order valence-electron chi connectivity index (χ0n) is 12.8. The first kappa shape index (κ1) is 19.9. The number of hydrogen-bond acceptors (Lipinski definition) is 3. The molecule has 0 bridgehead atoms. The number of methoxy groups -OCH3 is 1. The van der Waals surface area contributed by atoms with Crippen LogP contribution in [0.1, 0.15) is 43.2 Å². The molecule has 3 N–H and O–H groups in total. The Morgan fingerprint density at radius 3 is 2.33 bits per heavy atom. The molecular formula is C16H27ClN2O2. The summed E-state index contributed by atoms with van der Waals surface area (Å²) >= 11 is 0. The molecule has 1 aromatic rings. The highest BCUT2D eigenvalue weighted by Gasteiger charge is 2.01. The Kier molecular flexibility index (Phi) is 12.0. The highest BCUT2D eigenvalue weighted by molar-refractivity contribution is 5.85. The molecule has 21 heavy (non-hydrogen) atoms. The first-order valence-electron chi connectivity index (χ1n) is 7.29. The molecule has 0 atom stereocenters. The summed E-state index contributed by atoms with van der Waals surface area (Å²) in [4.78, 5) is 11.7. The van der Waals surface area contributed by atoms with E-state index in [9.17, 15) is 4.79 Å². The van der Waals surface area contributed by atoms with Crippen molar-refractivity contribution in [3.05, 3.63) is 35.4 Å². The summed E-state index contributed by atoms with van der Waals surface area (Å²) < 4.78 is 5.06. The van der Waals surface area contributed by atoms with E-state index in [0.29, 0.717) is 19.6 Å². The number of halogens is 1. The summed E-state index contributed by atoms with van der Waals surface area (Å²) in [6.45, 7) is 1.95. The summed E-state index contributed by atoms with van der Waals surface area (Å²) in [5.41, 5.74) is 7.68. The van der Waals surface area contributed by atoms with Gasteiger partial charge >= 0.3 is 0 Å². The molecule has 0 aliphatic carbocycles.